The number of hydrogen-bond acceptors (Lipinski definition) is 12. The first kappa shape index (κ1) is 32.3. The van der Waals surface area contributed by atoms with Crippen LogP contribution in [0.15, 0.2) is 42.6 Å². The van der Waals surface area contributed by atoms with E-state index in [-0.39, 0.29) is 49.4 Å². The first-order chi connectivity index (χ1) is 20.2. The highest BCUT2D eigenvalue weighted by Gasteiger charge is 2.36. The molecule has 2 aromatic rings. The van der Waals surface area contributed by atoms with E-state index < -0.39 is 48.9 Å². The van der Waals surface area contributed by atoms with Crippen LogP contribution in [0, 0.1) is 5.92 Å². The number of rotatable bonds is 12. The normalized spacial score (nSPS) is 20.6. The zero-order valence-electron chi connectivity index (χ0n) is 24.0. The molecule has 4 atom stereocenters. The van der Waals surface area contributed by atoms with Crippen LogP contribution in [0.3, 0.4) is 0 Å². The van der Waals surface area contributed by atoms with Gasteiger partial charge in [0.05, 0.1) is 46.6 Å². The number of ether oxygens (including phenoxy) is 7. The van der Waals surface area contributed by atoms with Crippen LogP contribution in [-0.2, 0) is 44.5 Å². The quantitative estimate of drug-likeness (QED) is 0.218. The van der Waals surface area contributed by atoms with Crippen molar-refractivity contribution < 1.29 is 52.3 Å². The molecule has 0 bridgehead atoms. The Kier molecular flexibility index (Phi) is 12.5. The zero-order chi connectivity index (χ0) is 30.5. The van der Waals surface area contributed by atoms with Gasteiger partial charge >= 0.3 is 17.9 Å². The van der Waals surface area contributed by atoms with Crippen LogP contribution < -0.4 is 14.8 Å². The number of methoxy groups -OCH3 is 2. The van der Waals surface area contributed by atoms with E-state index in [9.17, 15) is 19.2 Å². The smallest absolute Gasteiger partial charge is 0.331 e. The number of carbonyl (C=O) groups is 4. The minimum absolute atomic E-state index is 0.0284. The number of carbonyl (C=O) groups excluding carboxylic acids is 4. The molecule has 13 nitrogen and oxygen atoms in total. The number of benzene rings is 1. The number of nitrogens with one attached hydrogen (secondary N) is 1. The van der Waals surface area contributed by atoms with Gasteiger partial charge in [-0.25, -0.2) is 9.78 Å². The van der Waals surface area contributed by atoms with E-state index >= 15 is 0 Å². The third-order valence-corrected chi connectivity index (χ3v) is 6.39. The summed E-state index contributed by atoms with van der Waals surface area (Å²) in [6.45, 7) is 2.46. The van der Waals surface area contributed by atoms with Crippen molar-refractivity contribution in [2.75, 3.05) is 40.8 Å². The predicted octanol–water partition coefficient (Wildman–Crippen LogP) is 1.86. The van der Waals surface area contributed by atoms with Gasteiger partial charge in [0, 0.05) is 25.1 Å². The molecule has 13 heteroatoms. The first-order valence-electron chi connectivity index (χ1n) is 13.3. The van der Waals surface area contributed by atoms with Gasteiger partial charge in [0.15, 0.2) is 23.2 Å². The lowest BCUT2D eigenvalue weighted by molar-refractivity contribution is -0.161. The third-order valence-electron chi connectivity index (χ3n) is 6.39. The topological polar surface area (TPSA) is 158 Å². The molecule has 3 rings (SSSR count). The summed E-state index contributed by atoms with van der Waals surface area (Å²) in [5, 5.41) is 2.59. The largest absolute Gasteiger partial charge is 0.493 e. The van der Waals surface area contributed by atoms with Gasteiger partial charge in [0.2, 0.25) is 6.79 Å². The SMILES string of the molecule is COC(=O)CCO[C@@H]1[C@@H](Cc2ccccc2)COC[C@H](NC(=O)c2nccc(OC)c2OCOC(C)=O)C(=O)O[C@H]1C. The fraction of sp³-hybridized carbons (Fsp3) is 0.483. The molecule has 2 heterocycles. The van der Waals surface area contributed by atoms with Crippen LogP contribution in [-0.4, -0.2) is 87.9 Å². The van der Waals surface area contributed by atoms with Crippen molar-refractivity contribution in [2.24, 2.45) is 5.92 Å². The van der Waals surface area contributed by atoms with Gasteiger partial charge in [-0.05, 0) is 18.9 Å². The highest BCUT2D eigenvalue weighted by Crippen LogP contribution is 2.30. The Hall–Kier alpha value is -4.23. The molecule has 0 spiro atoms. The summed E-state index contributed by atoms with van der Waals surface area (Å²) in [5.74, 6) is -2.68. The molecule has 0 radical (unpaired) electrons. The minimum atomic E-state index is -1.19. The molecule has 1 aromatic heterocycles. The number of cyclic esters (lactones) is 1. The van der Waals surface area contributed by atoms with E-state index in [2.05, 4.69) is 10.3 Å². The Morgan fingerprint density at radius 3 is 2.55 bits per heavy atom. The molecule has 1 aliphatic heterocycles. The second-order valence-corrected chi connectivity index (χ2v) is 9.41. The average molecular weight is 589 g/mol. The minimum Gasteiger partial charge on any atom is -0.493 e. The molecule has 42 heavy (non-hydrogen) atoms. The number of amides is 1. The standard InChI is InChI=1S/C29H36N2O11/c1-18-26(39-13-11-24(33)37-4)21(14-20-8-6-5-7-9-20)15-38-16-22(29(35)42-18)31-28(34)25-27(41-17-40-19(2)32)23(36-3)10-12-30-25/h5-10,12,18,21-22,26H,11,13-17H2,1-4H3,(H,31,34)/t18-,21-,22-,26-/m0/s1. The Bertz CT molecular complexity index is 1210. The molecular formula is C29H36N2O11. The Labute approximate surface area is 243 Å². The Morgan fingerprint density at radius 1 is 1.10 bits per heavy atom. The van der Waals surface area contributed by atoms with Crippen LogP contribution in [0.1, 0.15) is 36.3 Å². The summed E-state index contributed by atoms with van der Waals surface area (Å²) in [5.41, 5.74) is 0.828. The average Bonchev–Trinajstić information content (AvgIpc) is 3.02. The van der Waals surface area contributed by atoms with Crippen molar-refractivity contribution in [1.29, 1.82) is 0 Å². The van der Waals surface area contributed by atoms with Crippen molar-refractivity contribution in [1.82, 2.24) is 10.3 Å². The van der Waals surface area contributed by atoms with Gasteiger partial charge in [-0.3, -0.25) is 14.4 Å². The van der Waals surface area contributed by atoms with Crippen LogP contribution in [0.2, 0.25) is 0 Å². The van der Waals surface area contributed by atoms with Crippen LogP contribution in [0.25, 0.3) is 0 Å². The van der Waals surface area contributed by atoms with Crippen LogP contribution in [0.4, 0.5) is 0 Å². The number of aromatic nitrogens is 1. The van der Waals surface area contributed by atoms with Gasteiger partial charge < -0.3 is 38.5 Å². The molecule has 1 amide bonds. The van der Waals surface area contributed by atoms with E-state index in [1.807, 2.05) is 30.3 Å². The molecule has 1 N–H and O–H groups in total. The lowest BCUT2D eigenvalue weighted by Gasteiger charge is -2.30. The molecule has 0 aliphatic carbocycles. The monoisotopic (exact) mass is 588 g/mol. The summed E-state index contributed by atoms with van der Waals surface area (Å²) in [7, 11) is 2.67. The molecule has 1 aliphatic rings. The summed E-state index contributed by atoms with van der Waals surface area (Å²) in [6, 6.07) is 9.97. The number of hydrogen-bond donors (Lipinski definition) is 1. The van der Waals surface area contributed by atoms with E-state index in [1.54, 1.807) is 6.92 Å². The third kappa shape index (κ3) is 9.42. The van der Waals surface area contributed by atoms with E-state index in [4.69, 9.17) is 33.2 Å². The van der Waals surface area contributed by atoms with Crippen molar-refractivity contribution in [3.8, 4) is 11.5 Å². The maximum Gasteiger partial charge on any atom is 0.331 e. The highest BCUT2D eigenvalue weighted by atomic mass is 16.7. The summed E-state index contributed by atoms with van der Waals surface area (Å²) in [4.78, 5) is 53.3. The van der Waals surface area contributed by atoms with Gasteiger partial charge in [-0.1, -0.05) is 30.3 Å². The molecule has 1 aromatic carbocycles. The van der Waals surface area contributed by atoms with E-state index in [0.29, 0.717) is 6.42 Å². The number of nitrogens with zero attached hydrogens (tertiary/aromatic N) is 1. The highest BCUT2D eigenvalue weighted by molar-refractivity contribution is 5.98. The van der Waals surface area contributed by atoms with Crippen LogP contribution >= 0.6 is 0 Å². The van der Waals surface area contributed by atoms with Gasteiger partial charge in [0.25, 0.3) is 5.91 Å². The molecular weight excluding hydrogens is 552 g/mol. The second-order valence-electron chi connectivity index (χ2n) is 9.41. The lowest BCUT2D eigenvalue weighted by atomic mass is 9.91. The van der Waals surface area contributed by atoms with Gasteiger partial charge in [-0.2, -0.15) is 0 Å². The lowest BCUT2D eigenvalue weighted by Crippen LogP contribution is -2.46. The fourth-order valence-electron chi connectivity index (χ4n) is 4.35. The van der Waals surface area contributed by atoms with Crippen LogP contribution in [0.5, 0.6) is 11.5 Å². The van der Waals surface area contributed by atoms with Crippen molar-refractivity contribution in [3.63, 3.8) is 0 Å². The summed E-state index contributed by atoms with van der Waals surface area (Å²) < 4.78 is 37.9. The maximum atomic E-state index is 13.3. The molecule has 228 valence electrons. The number of pyridine rings is 1. The summed E-state index contributed by atoms with van der Waals surface area (Å²) in [6.07, 6.45) is 0.550. The van der Waals surface area contributed by atoms with Gasteiger partial charge in [-0.15, -0.1) is 0 Å². The molecule has 1 fully saturated rings. The Balaban J connectivity index is 1.78. The second kappa shape index (κ2) is 16.3. The maximum absolute atomic E-state index is 13.3. The predicted molar refractivity (Wildman–Crippen MR) is 146 cm³/mol. The van der Waals surface area contributed by atoms with Gasteiger partial charge in [0.1, 0.15) is 6.10 Å². The molecule has 0 unspecified atom stereocenters. The van der Waals surface area contributed by atoms with E-state index in [1.165, 1.54) is 33.4 Å². The Morgan fingerprint density at radius 2 is 1.86 bits per heavy atom. The molecule has 0 saturated carbocycles. The first-order valence-corrected chi connectivity index (χ1v) is 13.3. The fourth-order valence-corrected chi connectivity index (χ4v) is 4.35. The molecule has 1 saturated heterocycles. The zero-order valence-corrected chi connectivity index (χ0v) is 24.0. The van der Waals surface area contributed by atoms with Crippen molar-refractivity contribution in [3.05, 3.63) is 53.9 Å². The van der Waals surface area contributed by atoms with E-state index in [0.717, 1.165) is 5.56 Å². The number of esters is 3. The summed E-state index contributed by atoms with van der Waals surface area (Å²) >= 11 is 0. The van der Waals surface area contributed by atoms with Crippen molar-refractivity contribution >= 4 is 23.8 Å². The van der Waals surface area contributed by atoms with Crippen molar-refractivity contribution in [2.45, 2.75) is 44.9 Å².